The molecule has 2 amide bonds. The molecule has 0 radical (unpaired) electrons. The largest absolute Gasteiger partial charge is 0.494 e. The Morgan fingerprint density at radius 2 is 1.80 bits per heavy atom. The second-order valence-electron chi connectivity index (χ2n) is 10.7. The van der Waals surface area contributed by atoms with Crippen LogP contribution >= 0.6 is 22.9 Å². The molecule has 8 nitrogen and oxygen atoms in total. The van der Waals surface area contributed by atoms with Gasteiger partial charge < -0.3 is 14.1 Å². The molecule has 0 aliphatic carbocycles. The highest BCUT2D eigenvalue weighted by atomic mass is 35.5. The van der Waals surface area contributed by atoms with Crippen LogP contribution < -0.4 is 20.0 Å². The lowest BCUT2D eigenvalue weighted by atomic mass is 9.84. The van der Waals surface area contributed by atoms with E-state index in [4.69, 9.17) is 25.7 Å². The van der Waals surface area contributed by atoms with E-state index in [0.717, 1.165) is 0 Å². The zero-order valence-corrected chi connectivity index (χ0v) is 25.1. The van der Waals surface area contributed by atoms with E-state index in [1.165, 1.54) is 39.3 Å². The molecule has 0 bridgehead atoms. The van der Waals surface area contributed by atoms with E-state index >= 15 is 4.79 Å². The van der Waals surface area contributed by atoms with E-state index < -0.39 is 28.6 Å². The predicted octanol–water partition coefficient (Wildman–Crippen LogP) is 7.04. The van der Waals surface area contributed by atoms with E-state index in [-0.39, 0.29) is 39.5 Å². The molecule has 1 unspecified atom stereocenters. The smallest absolute Gasteiger partial charge is 0.297 e. The van der Waals surface area contributed by atoms with Crippen LogP contribution in [-0.2, 0) is 16.9 Å². The van der Waals surface area contributed by atoms with Gasteiger partial charge in [-0.3, -0.25) is 19.3 Å². The van der Waals surface area contributed by atoms with Crippen molar-refractivity contribution in [1.29, 1.82) is 0 Å². The summed E-state index contributed by atoms with van der Waals surface area (Å²) >= 11 is 7.46. The van der Waals surface area contributed by atoms with Gasteiger partial charge in [0.25, 0.3) is 11.8 Å². The van der Waals surface area contributed by atoms with Gasteiger partial charge in [-0.25, -0.2) is 9.37 Å². The van der Waals surface area contributed by atoms with Crippen LogP contribution in [0.1, 0.15) is 34.2 Å². The predicted molar refractivity (Wildman–Crippen MR) is 170 cm³/mol. The van der Waals surface area contributed by atoms with E-state index in [0.29, 0.717) is 38.8 Å². The Morgan fingerprint density at radius 3 is 2.62 bits per heavy atom. The van der Waals surface area contributed by atoms with E-state index in [1.807, 2.05) is 13.0 Å². The summed E-state index contributed by atoms with van der Waals surface area (Å²) in [5.41, 5.74) is -0.873. The van der Waals surface area contributed by atoms with Gasteiger partial charge in [-0.1, -0.05) is 59.3 Å². The Kier molecular flexibility index (Phi) is 6.10. The summed E-state index contributed by atoms with van der Waals surface area (Å²) in [6.45, 7) is 2.21. The van der Waals surface area contributed by atoms with Crippen molar-refractivity contribution in [3.05, 3.63) is 128 Å². The van der Waals surface area contributed by atoms with Gasteiger partial charge in [-0.05, 0) is 55.5 Å². The van der Waals surface area contributed by atoms with Gasteiger partial charge in [-0.15, -0.1) is 0 Å². The molecule has 4 heterocycles. The monoisotopic (exact) mass is 637 g/mol. The first-order valence-electron chi connectivity index (χ1n) is 14.1. The number of ether oxygens (including phenoxy) is 1. The maximum absolute atomic E-state index is 15.1. The topological polar surface area (TPSA) is 93.0 Å². The summed E-state index contributed by atoms with van der Waals surface area (Å²) < 4.78 is 27.5. The highest BCUT2D eigenvalue weighted by molar-refractivity contribution is 7.22. The van der Waals surface area contributed by atoms with Crippen molar-refractivity contribution in [2.24, 2.45) is 0 Å². The lowest BCUT2D eigenvalue weighted by Gasteiger charge is -2.32. The van der Waals surface area contributed by atoms with Crippen molar-refractivity contribution in [2.75, 3.05) is 16.4 Å². The first-order chi connectivity index (χ1) is 21.8. The fraction of sp³-hybridized carbons (Fsp3) is 0.118. The van der Waals surface area contributed by atoms with Crippen LogP contribution in [0.3, 0.4) is 0 Å². The minimum Gasteiger partial charge on any atom is -0.494 e. The van der Waals surface area contributed by atoms with Crippen molar-refractivity contribution < 1.29 is 23.1 Å². The van der Waals surface area contributed by atoms with Crippen LogP contribution in [0.4, 0.5) is 15.2 Å². The van der Waals surface area contributed by atoms with E-state index in [2.05, 4.69) is 0 Å². The molecule has 2 aromatic heterocycles. The zero-order chi connectivity index (χ0) is 31.0. The quantitative estimate of drug-likeness (QED) is 0.201. The molecule has 6 aromatic rings. The van der Waals surface area contributed by atoms with Gasteiger partial charge in [0.05, 0.1) is 40.0 Å². The Hall–Kier alpha value is -5.06. The van der Waals surface area contributed by atoms with Crippen LogP contribution in [0.2, 0.25) is 5.02 Å². The summed E-state index contributed by atoms with van der Waals surface area (Å²) in [7, 11) is 0. The molecule has 0 N–H and O–H groups in total. The number of amides is 2. The number of fused-ring (bicyclic) bond motifs is 6. The number of rotatable bonds is 5. The Morgan fingerprint density at radius 1 is 1.00 bits per heavy atom. The molecular formula is C34H21ClFN3O5S. The Bertz CT molecular complexity index is 2300. The number of aromatic nitrogens is 1. The number of carbonyl (C=O) groups excluding carboxylic acids is 2. The summed E-state index contributed by atoms with van der Waals surface area (Å²) in [6.07, 6.45) is 0. The van der Waals surface area contributed by atoms with Crippen molar-refractivity contribution in [3.63, 3.8) is 0 Å². The SMILES string of the molecule is CCOc1ccc2nc(N3C(=O)c4oc5ccc(Cl)cc5c(=O)c4C34C(=O)N(Cc3ccccc3F)c3ccccc34)sc2c1. The van der Waals surface area contributed by atoms with Crippen LogP contribution in [0.5, 0.6) is 5.75 Å². The molecule has 8 rings (SSSR count). The van der Waals surface area contributed by atoms with Crippen LogP contribution in [0.15, 0.2) is 94.1 Å². The fourth-order valence-electron chi connectivity index (χ4n) is 6.33. The fourth-order valence-corrected chi connectivity index (χ4v) is 7.55. The number of hydrogen-bond acceptors (Lipinski definition) is 7. The summed E-state index contributed by atoms with van der Waals surface area (Å²) in [6, 6.07) is 23.0. The number of anilines is 2. The number of para-hydroxylation sites is 1. The number of halogens is 2. The molecule has 0 saturated carbocycles. The van der Waals surface area contributed by atoms with Gasteiger partial charge >= 0.3 is 0 Å². The average molecular weight is 638 g/mol. The van der Waals surface area contributed by atoms with Crippen LogP contribution in [-0.4, -0.2) is 23.4 Å². The molecule has 4 aromatic carbocycles. The Balaban J connectivity index is 1.43. The second-order valence-corrected chi connectivity index (χ2v) is 12.1. The molecule has 1 spiro atoms. The molecule has 222 valence electrons. The molecule has 11 heteroatoms. The average Bonchev–Trinajstić information content (AvgIpc) is 3.64. The molecule has 0 saturated heterocycles. The normalized spacial score (nSPS) is 17.1. The zero-order valence-electron chi connectivity index (χ0n) is 23.5. The van der Waals surface area contributed by atoms with Gasteiger partial charge in [0, 0.05) is 16.1 Å². The molecule has 0 fully saturated rings. The summed E-state index contributed by atoms with van der Waals surface area (Å²) in [5.74, 6) is -1.43. The Labute approximate surface area is 263 Å². The van der Waals surface area contributed by atoms with Crippen molar-refractivity contribution >= 4 is 66.8 Å². The number of benzene rings is 4. The highest BCUT2D eigenvalue weighted by Crippen LogP contribution is 2.55. The summed E-state index contributed by atoms with van der Waals surface area (Å²) in [4.78, 5) is 51.5. The second kappa shape index (κ2) is 9.98. The summed E-state index contributed by atoms with van der Waals surface area (Å²) in [5, 5.41) is 0.604. The highest BCUT2D eigenvalue weighted by Gasteiger charge is 2.66. The molecule has 1 atom stereocenters. The minimum atomic E-state index is -1.98. The number of thiazole rings is 1. The molecular weight excluding hydrogens is 617 g/mol. The van der Waals surface area contributed by atoms with Gasteiger partial charge in [-0.2, -0.15) is 0 Å². The van der Waals surface area contributed by atoms with Crippen molar-refractivity contribution in [2.45, 2.75) is 19.0 Å². The first-order valence-corrected chi connectivity index (χ1v) is 15.3. The van der Waals surface area contributed by atoms with Crippen LogP contribution in [0.25, 0.3) is 21.2 Å². The maximum Gasteiger partial charge on any atom is 0.297 e. The van der Waals surface area contributed by atoms with E-state index in [1.54, 1.807) is 60.7 Å². The van der Waals surface area contributed by atoms with E-state index in [9.17, 15) is 14.0 Å². The third-order valence-electron chi connectivity index (χ3n) is 8.22. The molecule has 45 heavy (non-hydrogen) atoms. The van der Waals surface area contributed by atoms with Crippen LogP contribution in [0, 0.1) is 5.82 Å². The van der Waals surface area contributed by atoms with Crippen molar-refractivity contribution in [1.82, 2.24) is 4.98 Å². The lowest BCUT2D eigenvalue weighted by molar-refractivity contribution is -0.121. The van der Waals surface area contributed by atoms with Gasteiger partial charge in [0.2, 0.25) is 5.76 Å². The van der Waals surface area contributed by atoms with Crippen molar-refractivity contribution in [3.8, 4) is 5.75 Å². The third kappa shape index (κ3) is 3.82. The molecule has 2 aliphatic heterocycles. The maximum atomic E-state index is 15.1. The molecule has 2 aliphatic rings. The number of nitrogens with zero attached hydrogens (tertiary/aromatic N) is 3. The standard InChI is InChI=1S/C34H21ClFN3O5S/c1-2-43-20-12-13-24-27(16-20)45-33(37-24)39-31(41)30-28(29(40)21-15-19(35)11-14-26(21)44-30)34(39)22-8-4-6-10-25(22)38(32(34)42)17-18-7-3-5-9-23(18)36/h3-16H,2,17H2,1H3. The number of carbonyl (C=O) groups is 2. The number of hydrogen-bond donors (Lipinski definition) is 0. The lowest BCUT2D eigenvalue weighted by Crippen LogP contribution is -2.53. The minimum absolute atomic E-state index is 0.124. The van der Waals surface area contributed by atoms with Gasteiger partial charge in [0.1, 0.15) is 17.1 Å². The van der Waals surface area contributed by atoms with Gasteiger partial charge in [0.15, 0.2) is 16.1 Å². The first kappa shape index (κ1) is 27.5. The third-order valence-corrected chi connectivity index (χ3v) is 9.46.